The highest BCUT2D eigenvalue weighted by molar-refractivity contribution is 5.68. The maximum atomic E-state index is 11.6. The number of carbonyl (C=O) groups excluding carboxylic acids is 1. The van der Waals surface area contributed by atoms with Crippen molar-refractivity contribution < 1.29 is 14.6 Å². The second kappa shape index (κ2) is 6.21. The van der Waals surface area contributed by atoms with Crippen molar-refractivity contribution in [3.05, 3.63) is 35.4 Å². The van der Waals surface area contributed by atoms with Crippen molar-refractivity contribution in [2.45, 2.75) is 32.4 Å². The lowest BCUT2D eigenvalue weighted by Crippen LogP contribution is -2.36. The van der Waals surface area contributed by atoms with Crippen LogP contribution in [0.15, 0.2) is 24.3 Å². The number of nitrogens with one attached hydrogen (secondary N) is 1. The summed E-state index contributed by atoms with van der Waals surface area (Å²) >= 11 is 0. The van der Waals surface area contributed by atoms with E-state index in [2.05, 4.69) is 5.32 Å². The third-order valence-corrected chi connectivity index (χ3v) is 2.29. The molecule has 0 bridgehead atoms. The number of benzene rings is 1. The van der Waals surface area contributed by atoms with Gasteiger partial charge in [-0.3, -0.25) is 0 Å². The summed E-state index contributed by atoms with van der Waals surface area (Å²) in [5, 5.41) is 20.7. The smallest absolute Gasteiger partial charge is 0.408 e. The zero-order valence-electron chi connectivity index (χ0n) is 11.3. The van der Waals surface area contributed by atoms with E-state index in [4.69, 9.17) is 10.00 Å². The maximum Gasteiger partial charge on any atom is 0.408 e. The van der Waals surface area contributed by atoms with Gasteiger partial charge in [0.25, 0.3) is 0 Å². The van der Waals surface area contributed by atoms with Crippen LogP contribution in [0.1, 0.15) is 37.9 Å². The fraction of sp³-hybridized carbons (Fsp3) is 0.429. The molecule has 0 spiro atoms. The number of aliphatic hydroxyl groups is 1. The van der Waals surface area contributed by atoms with E-state index >= 15 is 0 Å². The van der Waals surface area contributed by atoms with Crippen molar-refractivity contribution in [1.82, 2.24) is 5.32 Å². The lowest BCUT2D eigenvalue weighted by Gasteiger charge is -2.23. The van der Waals surface area contributed by atoms with Crippen molar-refractivity contribution in [3.63, 3.8) is 0 Å². The van der Waals surface area contributed by atoms with E-state index in [0.29, 0.717) is 11.1 Å². The molecule has 1 aromatic carbocycles. The second-order valence-corrected chi connectivity index (χ2v) is 5.12. The number of amides is 1. The van der Waals surface area contributed by atoms with Crippen molar-refractivity contribution in [3.8, 4) is 6.07 Å². The van der Waals surface area contributed by atoms with Gasteiger partial charge in [-0.05, 0) is 38.5 Å². The molecule has 19 heavy (non-hydrogen) atoms. The third-order valence-electron chi connectivity index (χ3n) is 2.29. The van der Waals surface area contributed by atoms with Gasteiger partial charge in [0, 0.05) is 0 Å². The molecule has 0 saturated carbocycles. The fourth-order valence-corrected chi connectivity index (χ4v) is 1.51. The Morgan fingerprint density at radius 3 is 2.74 bits per heavy atom. The number of nitriles is 1. The topological polar surface area (TPSA) is 82.3 Å². The van der Waals surface area contributed by atoms with Crippen LogP contribution >= 0.6 is 0 Å². The molecule has 1 amide bonds. The molecule has 0 heterocycles. The molecule has 0 aliphatic carbocycles. The molecule has 0 aliphatic rings. The summed E-state index contributed by atoms with van der Waals surface area (Å²) in [7, 11) is 0. The monoisotopic (exact) mass is 262 g/mol. The highest BCUT2D eigenvalue weighted by Gasteiger charge is 2.20. The van der Waals surface area contributed by atoms with Crippen LogP contribution in [0.25, 0.3) is 0 Å². The standard InChI is InChI=1S/C14H18N2O3/c1-14(2,3)19-13(18)16-12(9-17)11-6-4-5-10(7-11)8-15/h4-7,12,17H,9H2,1-3H3,(H,16,18)/t12-/m0/s1. The van der Waals surface area contributed by atoms with Crippen LogP contribution < -0.4 is 5.32 Å². The lowest BCUT2D eigenvalue weighted by atomic mass is 10.1. The quantitative estimate of drug-likeness (QED) is 0.874. The molecule has 0 fully saturated rings. The number of hydrogen-bond donors (Lipinski definition) is 2. The average molecular weight is 262 g/mol. The molecule has 2 N–H and O–H groups in total. The van der Waals surface area contributed by atoms with E-state index in [1.807, 2.05) is 6.07 Å². The Kier molecular flexibility index (Phi) is 4.90. The van der Waals surface area contributed by atoms with E-state index in [9.17, 15) is 9.90 Å². The number of carbonyl (C=O) groups is 1. The Labute approximate surface area is 112 Å². The summed E-state index contributed by atoms with van der Waals surface area (Å²) in [4.78, 5) is 11.6. The lowest BCUT2D eigenvalue weighted by molar-refractivity contribution is 0.0482. The summed E-state index contributed by atoms with van der Waals surface area (Å²) in [5.41, 5.74) is 0.535. The minimum atomic E-state index is -0.603. The maximum absolute atomic E-state index is 11.6. The van der Waals surface area contributed by atoms with Crippen LogP contribution in [-0.2, 0) is 4.74 Å². The summed E-state index contributed by atoms with van der Waals surface area (Å²) in [6, 6.07) is 8.14. The molecule has 102 valence electrons. The largest absolute Gasteiger partial charge is 0.444 e. The number of aliphatic hydroxyl groups excluding tert-OH is 1. The molecule has 1 aromatic rings. The highest BCUT2D eigenvalue weighted by atomic mass is 16.6. The van der Waals surface area contributed by atoms with Crippen LogP contribution in [0, 0.1) is 11.3 Å². The Morgan fingerprint density at radius 2 is 2.21 bits per heavy atom. The van der Waals surface area contributed by atoms with Gasteiger partial charge in [0.2, 0.25) is 0 Å². The molecule has 1 rings (SSSR count). The summed E-state index contributed by atoms with van der Waals surface area (Å²) < 4.78 is 5.12. The van der Waals surface area contributed by atoms with Gasteiger partial charge >= 0.3 is 6.09 Å². The minimum absolute atomic E-state index is 0.270. The molecule has 0 unspecified atom stereocenters. The van der Waals surface area contributed by atoms with Crippen LogP contribution in [0.2, 0.25) is 0 Å². The van der Waals surface area contributed by atoms with Gasteiger partial charge in [-0.15, -0.1) is 0 Å². The van der Waals surface area contributed by atoms with E-state index in [1.165, 1.54) is 0 Å². The molecule has 0 aliphatic heterocycles. The zero-order chi connectivity index (χ0) is 14.5. The third kappa shape index (κ3) is 4.98. The van der Waals surface area contributed by atoms with Gasteiger partial charge in [-0.2, -0.15) is 5.26 Å². The summed E-state index contributed by atoms with van der Waals surface area (Å²) in [6.07, 6.45) is -0.603. The minimum Gasteiger partial charge on any atom is -0.444 e. The van der Waals surface area contributed by atoms with E-state index in [1.54, 1.807) is 45.0 Å². The molecule has 0 radical (unpaired) electrons. The van der Waals surface area contributed by atoms with Crippen molar-refractivity contribution in [1.29, 1.82) is 5.26 Å². The summed E-state index contributed by atoms with van der Waals surface area (Å²) in [6.45, 7) is 5.01. The predicted molar refractivity (Wildman–Crippen MR) is 70.4 cm³/mol. The molecule has 5 heteroatoms. The summed E-state index contributed by atoms with van der Waals surface area (Å²) in [5.74, 6) is 0. The fourth-order valence-electron chi connectivity index (χ4n) is 1.51. The van der Waals surface area contributed by atoms with E-state index < -0.39 is 17.7 Å². The Hall–Kier alpha value is -2.06. The number of ether oxygens (including phenoxy) is 1. The molecule has 1 atom stereocenters. The SMILES string of the molecule is CC(C)(C)OC(=O)N[C@@H](CO)c1cccc(C#N)c1. The van der Waals surface area contributed by atoms with Crippen LogP contribution in [0.3, 0.4) is 0 Å². The molecule has 5 nitrogen and oxygen atoms in total. The van der Waals surface area contributed by atoms with Gasteiger partial charge < -0.3 is 15.2 Å². The number of nitrogens with zero attached hydrogens (tertiary/aromatic N) is 1. The molecule has 0 saturated heterocycles. The van der Waals surface area contributed by atoms with Crippen molar-refractivity contribution in [2.75, 3.05) is 6.61 Å². The van der Waals surface area contributed by atoms with Crippen LogP contribution in [-0.4, -0.2) is 23.4 Å². The average Bonchev–Trinajstić information content (AvgIpc) is 2.34. The van der Waals surface area contributed by atoms with E-state index in [0.717, 1.165) is 0 Å². The van der Waals surface area contributed by atoms with E-state index in [-0.39, 0.29) is 6.61 Å². The number of hydrogen-bond acceptors (Lipinski definition) is 4. The van der Waals surface area contributed by atoms with Gasteiger partial charge in [0.1, 0.15) is 5.60 Å². The predicted octanol–water partition coefficient (Wildman–Crippen LogP) is 2.12. The Morgan fingerprint density at radius 1 is 1.53 bits per heavy atom. The number of rotatable bonds is 3. The van der Waals surface area contributed by atoms with Gasteiger partial charge in [-0.1, -0.05) is 12.1 Å². The molecular formula is C14H18N2O3. The highest BCUT2D eigenvalue weighted by Crippen LogP contribution is 2.15. The van der Waals surface area contributed by atoms with Gasteiger partial charge in [0.05, 0.1) is 24.3 Å². The number of alkyl carbamates (subject to hydrolysis) is 1. The first-order valence-electron chi connectivity index (χ1n) is 5.96. The first kappa shape index (κ1) is 15.0. The van der Waals surface area contributed by atoms with Crippen LogP contribution in [0.4, 0.5) is 4.79 Å². The van der Waals surface area contributed by atoms with Crippen molar-refractivity contribution >= 4 is 6.09 Å². The van der Waals surface area contributed by atoms with Gasteiger partial charge in [-0.25, -0.2) is 4.79 Å². The molecular weight excluding hydrogens is 244 g/mol. The molecule has 0 aromatic heterocycles. The van der Waals surface area contributed by atoms with Crippen molar-refractivity contribution in [2.24, 2.45) is 0 Å². The second-order valence-electron chi connectivity index (χ2n) is 5.12. The Bertz CT molecular complexity index is 486. The zero-order valence-corrected chi connectivity index (χ0v) is 11.3. The normalized spacial score (nSPS) is 12.4. The first-order valence-corrected chi connectivity index (χ1v) is 5.96. The first-order chi connectivity index (χ1) is 8.85. The Balaban J connectivity index is 2.78. The van der Waals surface area contributed by atoms with Crippen LogP contribution in [0.5, 0.6) is 0 Å². The van der Waals surface area contributed by atoms with Gasteiger partial charge in [0.15, 0.2) is 0 Å².